The van der Waals surface area contributed by atoms with Crippen LogP contribution < -0.4 is 10.5 Å². The van der Waals surface area contributed by atoms with Crippen LogP contribution >= 0.6 is 0 Å². The van der Waals surface area contributed by atoms with Crippen LogP contribution in [-0.2, 0) is 16.6 Å². The quantitative estimate of drug-likeness (QED) is 0.871. The number of hydrogen-bond acceptors (Lipinski definition) is 5. The lowest BCUT2D eigenvalue weighted by Gasteiger charge is -2.07. The van der Waals surface area contributed by atoms with E-state index in [0.717, 1.165) is 5.69 Å². The van der Waals surface area contributed by atoms with Crippen molar-refractivity contribution in [2.45, 2.75) is 18.4 Å². The molecule has 0 aromatic carbocycles. The predicted molar refractivity (Wildman–Crippen MR) is 71.9 cm³/mol. The van der Waals surface area contributed by atoms with Gasteiger partial charge in [-0.15, -0.1) is 0 Å². The highest BCUT2D eigenvalue weighted by Gasteiger charge is 2.15. The first-order valence-electron chi connectivity index (χ1n) is 5.63. The van der Waals surface area contributed by atoms with E-state index in [1.54, 1.807) is 31.2 Å². The van der Waals surface area contributed by atoms with E-state index < -0.39 is 10.0 Å². The first-order chi connectivity index (χ1) is 9.01. The third-order valence-corrected chi connectivity index (χ3v) is 3.78. The Bertz CT molecular complexity index is 668. The van der Waals surface area contributed by atoms with Gasteiger partial charge >= 0.3 is 0 Å². The second kappa shape index (κ2) is 5.33. The van der Waals surface area contributed by atoms with Crippen molar-refractivity contribution in [3.05, 3.63) is 47.9 Å². The molecule has 3 N–H and O–H groups in total. The summed E-state index contributed by atoms with van der Waals surface area (Å²) in [5.74, 6) is 0.280. The Hall–Kier alpha value is -1.99. The number of aryl methyl sites for hydroxylation is 1. The average molecular weight is 278 g/mol. The van der Waals surface area contributed by atoms with Crippen molar-refractivity contribution in [1.29, 1.82) is 0 Å². The molecule has 0 spiro atoms. The number of rotatable bonds is 4. The first-order valence-corrected chi connectivity index (χ1v) is 7.11. The summed E-state index contributed by atoms with van der Waals surface area (Å²) in [6, 6.07) is 8.16. The van der Waals surface area contributed by atoms with E-state index in [4.69, 9.17) is 5.73 Å². The minimum atomic E-state index is -3.67. The highest BCUT2D eigenvalue weighted by molar-refractivity contribution is 7.92. The van der Waals surface area contributed by atoms with Gasteiger partial charge in [0.15, 0.2) is 0 Å². The van der Waals surface area contributed by atoms with Gasteiger partial charge in [0, 0.05) is 18.4 Å². The summed E-state index contributed by atoms with van der Waals surface area (Å²) in [5, 5.41) is 0. The zero-order valence-electron chi connectivity index (χ0n) is 10.4. The number of hydrogen-bond donors (Lipinski definition) is 2. The summed E-state index contributed by atoms with van der Waals surface area (Å²) in [6.07, 6.45) is 1.28. The summed E-state index contributed by atoms with van der Waals surface area (Å²) >= 11 is 0. The zero-order chi connectivity index (χ0) is 13.9. The lowest BCUT2D eigenvalue weighted by molar-refractivity contribution is 0.600. The molecular weight excluding hydrogens is 264 g/mol. The molecule has 0 aliphatic rings. The van der Waals surface area contributed by atoms with Crippen LogP contribution in [0.15, 0.2) is 41.4 Å². The number of aromatic nitrogens is 2. The second-order valence-corrected chi connectivity index (χ2v) is 5.64. The molecule has 0 bridgehead atoms. The molecule has 2 aromatic rings. The summed E-state index contributed by atoms with van der Waals surface area (Å²) in [7, 11) is -3.67. The summed E-state index contributed by atoms with van der Waals surface area (Å²) in [6.45, 7) is 2.06. The molecule has 0 aliphatic heterocycles. The molecule has 100 valence electrons. The topological polar surface area (TPSA) is 98.0 Å². The molecule has 0 amide bonds. The molecule has 2 heterocycles. The van der Waals surface area contributed by atoms with Gasteiger partial charge in [0.1, 0.15) is 10.7 Å². The normalized spacial score (nSPS) is 11.3. The molecular formula is C12H14N4O2S. The fourth-order valence-corrected chi connectivity index (χ4v) is 2.43. The van der Waals surface area contributed by atoms with E-state index >= 15 is 0 Å². The maximum Gasteiger partial charge on any atom is 0.264 e. The summed E-state index contributed by atoms with van der Waals surface area (Å²) in [5.41, 5.74) is 6.78. The molecule has 19 heavy (non-hydrogen) atoms. The molecule has 0 atom stereocenters. The van der Waals surface area contributed by atoms with E-state index in [1.165, 1.54) is 12.3 Å². The Balaban J connectivity index is 2.27. The van der Waals surface area contributed by atoms with Crippen LogP contribution in [-0.4, -0.2) is 18.4 Å². The van der Waals surface area contributed by atoms with Gasteiger partial charge in [-0.2, -0.15) is 0 Å². The predicted octanol–water partition coefficient (Wildman–Crippen LogP) is 1.04. The first kappa shape index (κ1) is 13.4. The molecule has 0 saturated carbocycles. The van der Waals surface area contributed by atoms with E-state index in [1.807, 2.05) is 0 Å². The lowest BCUT2D eigenvalue weighted by atomic mass is 10.4. The fraction of sp³-hybridized carbons (Fsp3) is 0.167. The van der Waals surface area contributed by atoms with Crippen molar-refractivity contribution in [2.24, 2.45) is 5.73 Å². The molecule has 2 rings (SSSR count). The highest BCUT2D eigenvalue weighted by atomic mass is 32.2. The van der Waals surface area contributed by atoms with Crippen molar-refractivity contribution in [3.8, 4) is 0 Å². The number of anilines is 1. The van der Waals surface area contributed by atoms with E-state index in [-0.39, 0.29) is 17.3 Å². The number of nitrogens with one attached hydrogen (secondary N) is 1. The minimum absolute atomic E-state index is 0.0769. The van der Waals surface area contributed by atoms with Gasteiger partial charge in [0.2, 0.25) is 0 Å². The molecule has 0 aliphatic carbocycles. The number of nitrogens with zero attached hydrogens (tertiary/aromatic N) is 2. The molecule has 0 fully saturated rings. The van der Waals surface area contributed by atoms with Crippen molar-refractivity contribution in [3.63, 3.8) is 0 Å². The number of pyridine rings is 2. The maximum atomic E-state index is 12.1. The third-order valence-electron chi connectivity index (χ3n) is 2.44. The maximum absolute atomic E-state index is 12.1. The van der Waals surface area contributed by atoms with Crippen LogP contribution in [0, 0.1) is 6.92 Å². The van der Waals surface area contributed by atoms with Crippen molar-refractivity contribution in [2.75, 3.05) is 4.72 Å². The smallest absolute Gasteiger partial charge is 0.264 e. The van der Waals surface area contributed by atoms with E-state index in [0.29, 0.717) is 5.69 Å². The third kappa shape index (κ3) is 3.27. The van der Waals surface area contributed by atoms with Crippen LogP contribution in [0.4, 0.5) is 5.82 Å². The minimum Gasteiger partial charge on any atom is -0.325 e. The number of nitrogens with two attached hydrogens (primary N) is 1. The number of sulfonamides is 1. The van der Waals surface area contributed by atoms with Crippen LogP contribution in [0.25, 0.3) is 0 Å². The molecule has 2 aromatic heterocycles. The summed E-state index contributed by atoms with van der Waals surface area (Å²) < 4.78 is 26.6. The highest BCUT2D eigenvalue weighted by Crippen LogP contribution is 2.13. The molecule has 7 heteroatoms. The van der Waals surface area contributed by atoms with Gasteiger partial charge in [0.05, 0.1) is 5.69 Å². The van der Waals surface area contributed by atoms with Crippen LogP contribution in [0.1, 0.15) is 11.4 Å². The van der Waals surface area contributed by atoms with Crippen LogP contribution in [0.2, 0.25) is 0 Å². The summed E-state index contributed by atoms with van der Waals surface area (Å²) in [4.78, 5) is 8.12. The SMILES string of the molecule is Cc1cccc(NS(=O)(=O)c2ccc(CN)nc2)n1. The van der Waals surface area contributed by atoms with Gasteiger partial charge in [-0.05, 0) is 31.2 Å². The monoisotopic (exact) mass is 278 g/mol. The van der Waals surface area contributed by atoms with Gasteiger partial charge < -0.3 is 5.73 Å². The Morgan fingerprint density at radius 1 is 1.26 bits per heavy atom. The van der Waals surface area contributed by atoms with Gasteiger partial charge in [-0.3, -0.25) is 9.71 Å². The zero-order valence-corrected chi connectivity index (χ0v) is 11.2. The standard InChI is InChI=1S/C12H14N4O2S/c1-9-3-2-4-12(15-9)16-19(17,18)11-6-5-10(7-13)14-8-11/h2-6,8H,7,13H2,1H3,(H,15,16). The van der Waals surface area contributed by atoms with Crippen molar-refractivity contribution < 1.29 is 8.42 Å². The van der Waals surface area contributed by atoms with Crippen LogP contribution in [0.3, 0.4) is 0 Å². The Morgan fingerprint density at radius 2 is 2.05 bits per heavy atom. The van der Waals surface area contributed by atoms with Crippen molar-refractivity contribution in [1.82, 2.24) is 9.97 Å². The molecule has 6 nitrogen and oxygen atoms in total. The molecule has 0 unspecified atom stereocenters. The van der Waals surface area contributed by atoms with Gasteiger partial charge in [-0.1, -0.05) is 6.07 Å². The largest absolute Gasteiger partial charge is 0.325 e. The van der Waals surface area contributed by atoms with E-state index in [2.05, 4.69) is 14.7 Å². The van der Waals surface area contributed by atoms with E-state index in [9.17, 15) is 8.42 Å². The van der Waals surface area contributed by atoms with Gasteiger partial charge in [-0.25, -0.2) is 13.4 Å². The van der Waals surface area contributed by atoms with Gasteiger partial charge in [0.25, 0.3) is 10.0 Å². The Kier molecular flexibility index (Phi) is 3.77. The van der Waals surface area contributed by atoms with Crippen LogP contribution in [0.5, 0.6) is 0 Å². The molecule has 0 saturated heterocycles. The average Bonchev–Trinajstić information content (AvgIpc) is 2.38. The lowest BCUT2D eigenvalue weighted by Crippen LogP contribution is -2.14. The Morgan fingerprint density at radius 3 is 2.63 bits per heavy atom. The van der Waals surface area contributed by atoms with Crippen molar-refractivity contribution >= 4 is 15.8 Å². The Labute approximate surface area is 111 Å². The molecule has 0 radical (unpaired) electrons. The second-order valence-electron chi connectivity index (χ2n) is 3.96. The fourth-order valence-electron chi connectivity index (χ4n) is 1.49.